The number of rotatable bonds is 3. The van der Waals surface area contributed by atoms with Crippen molar-refractivity contribution in [2.75, 3.05) is 5.32 Å². The molecule has 0 atom stereocenters. The van der Waals surface area contributed by atoms with Crippen molar-refractivity contribution in [3.63, 3.8) is 0 Å². The van der Waals surface area contributed by atoms with E-state index in [0.29, 0.717) is 12.2 Å². The summed E-state index contributed by atoms with van der Waals surface area (Å²) in [6, 6.07) is 1.30. The van der Waals surface area contributed by atoms with Crippen LogP contribution in [-0.2, 0) is 13.6 Å². The van der Waals surface area contributed by atoms with Crippen LogP contribution in [0.3, 0.4) is 0 Å². The molecule has 1 heterocycles. The minimum atomic E-state index is -0.444. The van der Waals surface area contributed by atoms with Crippen LogP contribution in [0.15, 0.2) is 28.2 Å². The number of hydrogen-bond acceptors (Lipinski definition) is 4. The molecule has 1 aromatic carbocycles. The molecule has 72 valence electrons. The average Bonchev–Trinajstić information content (AvgIpc) is 2.58. The van der Waals surface area contributed by atoms with Crippen LogP contribution in [0.25, 0.3) is 0 Å². The summed E-state index contributed by atoms with van der Waals surface area (Å²) in [5.41, 5.74) is 0.329. The molecule has 0 unspecified atom stereocenters. The molecule has 0 aliphatic carbocycles. The van der Waals surface area contributed by atoms with Gasteiger partial charge in [0.2, 0.25) is 10.9 Å². The molecule has 0 saturated heterocycles. The van der Waals surface area contributed by atoms with E-state index in [1.165, 1.54) is 6.07 Å². The molecule has 1 N–H and O–H groups in total. The first-order chi connectivity index (χ1) is 6.66. The molecule has 0 saturated carbocycles. The summed E-state index contributed by atoms with van der Waals surface area (Å²) in [6.45, 7) is 0.464. The van der Waals surface area contributed by atoms with Crippen LogP contribution in [0.5, 0.6) is 0 Å². The van der Waals surface area contributed by atoms with Gasteiger partial charge in [-0.1, -0.05) is 0 Å². The first kappa shape index (κ1) is 8.68. The van der Waals surface area contributed by atoms with E-state index in [0.717, 1.165) is 5.69 Å². The Bertz CT molecular complexity index is 520. The summed E-state index contributed by atoms with van der Waals surface area (Å²) in [7, 11) is 1.87. The molecule has 0 amide bonds. The lowest BCUT2D eigenvalue weighted by molar-refractivity contribution is 0.912. The Morgan fingerprint density at radius 1 is 1.50 bits per heavy atom. The lowest BCUT2D eigenvalue weighted by Gasteiger charge is -2.03. The van der Waals surface area contributed by atoms with E-state index in [1.54, 1.807) is 6.33 Å². The van der Waals surface area contributed by atoms with Gasteiger partial charge in [0, 0.05) is 19.3 Å². The van der Waals surface area contributed by atoms with Crippen LogP contribution in [0, 0.1) is 0 Å². The number of aromatic nitrogens is 2. The fourth-order valence-electron chi connectivity index (χ4n) is 1.19. The normalized spacial score (nSPS) is 10.6. The number of nitrogens with one attached hydrogen (secondary N) is 1. The molecule has 0 aliphatic rings. The summed E-state index contributed by atoms with van der Waals surface area (Å²) in [6.07, 6.45) is 3.53. The first-order valence-corrected chi connectivity index (χ1v) is 4.18. The number of anilines is 1. The molecule has 5 nitrogen and oxygen atoms in total. The van der Waals surface area contributed by atoms with Gasteiger partial charge in [-0.25, -0.2) is 4.98 Å². The van der Waals surface area contributed by atoms with E-state index >= 15 is 0 Å². The van der Waals surface area contributed by atoms with Crippen LogP contribution in [0.2, 0.25) is 0 Å². The van der Waals surface area contributed by atoms with Crippen LogP contribution >= 0.6 is 0 Å². The van der Waals surface area contributed by atoms with E-state index in [4.69, 9.17) is 0 Å². The zero-order valence-corrected chi connectivity index (χ0v) is 7.65. The standard InChI is InChI=1S/C9H9N3O2/c1-12-4-6(11-5-12)3-10-7-2-8(13)9(7)14/h2,4-5,10H,3H2,1H3. The summed E-state index contributed by atoms with van der Waals surface area (Å²) in [5.74, 6) is 0. The minimum absolute atomic E-state index is 0.376. The number of aryl methyl sites for hydroxylation is 1. The highest BCUT2D eigenvalue weighted by Crippen LogP contribution is 2.00. The SMILES string of the molecule is Cn1cnc(CNc2cc(=O)c2=O)c1. The minimum Gasteiger partial charge on any atom is -0.376 e. The molecular weight excluding hydrogens is 182 g/mol. The van der Waals surface area contributed by atoms with E-state index in [2.05, 4.69) is 10.3 Å². The number of imidazole rings is 1. The molecule has 2 rings (SSSR count). The molecule has 1 aromatic heterocycles. The largest absolute Gasteiger partial charge is 0.376 e. The van der Waals surface area contributed by atoms with Gasteiger partial charge >= 0.3 is 0 Å². The number of nitrogens with zero attached hydrogens (tertiary/aromatic N) is 2. The summed E-state index contributed by atoms with van der Waals surface area (Å²) >= 11 is 0. The fraction of sp³-hybridized carbons (Fsp3) is 0.222. The van der Waals surface area contributed by atoms with Gasteiger partial charge in [-0.2, -0.15) is 0 Å². The van der Waals surface area contributed by atoms with Crippen molar-refractivity contribution >= 4 is 5.69 Å². The van der Waals surface area contributed by atoms with Crippen LogP contribution in [-0.4, -0.2) is 9.55 Å². The van der Waals surface area contributed by atoms with Gasteiger partial charge in [0.1, 0.15) is 0 Å². The summed E-state index contributed by atoms with van der Waals surface area (Å²) < 4.78 is 1.82. The third-order valence-electron chi connectivity index (χ3n) is 1.96. The maximum Gasteiger partial charge on any atom is 0.248 e. The molecule has 0 bridgehead atoms. The van der Waals surface area contributed by atoms with Crippen molar-refractivity contribution in [3.8, 4) is 0 Å². The smallest absolute Gasteiger partial charge is 0.248 e. The van der Waals surface area contributed by atoms with Gasteiger partial charge in [0.15, 0.2) is 0 Å². The van der Waals surface area contributed by atoms with E-state index in [-0.39, 0.29) is 0 Å². The van der Waals surface area contributed by atoms with E-state index in [1.807, 2.05) is 17.8 Å². The van der Waals surface area contributed by atoms with Gasteiger partial charge in [-0.3, -0.25) is 9.59 Å². The van der Waals surface area contributed by atoms with Crippen molar-refractivity contribution < 1.29 is 0 Å². The van der Waals surface area contributed by atoms with Crippen molar-refractivity contribution in [2.45, 2.75) is 6.54 Å². The van der Waals surface area contributed by atoms with E-state index < -0.39 is 10.9 Å². The molecule has 2 aromatic rings. The van der Waals surface area contributed by atoms with Gasteiger partial charge in [0.25, 0.3) is 0 Å². The molecule has 0 spiro atoms. The lowest BCUT2D eigenvalue weighted by atomic mass is 10.2. The van der Waals surface area contributed by atoms with Crippen molar-refractivity contribution in [1.82, 2.24) is 9.55 Å². The Labute approximate surface area is 79.7 Å². The number of hydrogen-bond donors (Lipinski definition) is 1. The van der Waals surface area contributed by atoms with Crippen molar-refractivity contribution in [3.05, 3.63) is 44.7 Å². The molecule has 0 fully saturated rings. The van der Waals surface area contributed by atoms with Crippen molar-refractivity contribution in [2.24, 2.45) is 7.05 Å². The third kappa shape index (κ3) is 1.44. The zero-order valence-electron chi connectivity index (χ0n) is 7.65. The average molecular weight is 191 g/mol. The Morgan fingerprint density at radius 2 is 2.29 bits per heavy atom. The Kier molecular flexibility index (Phi) is 1.92. The van der Waals surface area contributed by atoms with Crippen LogP contribution in [0.1, 0.15) is 5.69 Å². The summed E-state index contributed by atoms with van der Waals surface area (Å²) in [5, 5.41) is 2.84. The maximum absolute atomic E-state index is 10.9. The molecular formula is C9H9N3O2. The Balaban J connectivity index is 2.00. The predicted octanol–water partition coefficient (Wildman–Crippen LogP) is -0.372. The zero-order chi connectivity index (χ0) is 10.1. The highest BCUT2D eigenvalue weighted by molar-refractivity contribution is 5.47. The molecule has 0 radical (unpaired) electrons. The molecule has 14 heavy (non-hydrogen) atoms. The highest BCUT2D eigenvalue weighted by Gasteiger charge is 2.08. The van der Waals surface area contributed by atoms with Crippen LogP contribution < -0.4 is 16.2 Å². The Hall–Kier alpha value is -1.91. The first-order valence-electron chi connectivity index (χ1n) is 4.18. The monoisotopic (exact) mass is 191 g/mol. The second kappa shape index (κ2) is 3.10. The molecule has 5 heteroatoms. The Morgan fingerprint density at radius 3 is 2.79 bits per heavy atom. The maximum atomic E-state index is 10.9. The van der Waals surface area contributed by atoms with Gasteiger partial charge in [0.05, 0.1) is 24.3 Å². The topological polar surface area (TPSA) is 64.0 Å². The summed E-state index contributed by atoms with van der Waals surface area (Å²) in [4.78, 5) is 25.5. The predicted molar refractivity (Wildman–Crippen MR) is 51.9 cm³/mol. The van der Waals surface area contributed by atoms with Gasteiger partial charge < -0.3 is 9.88 Å². The lowest BCUT2D eigenvalue weighted by Crippen LogP contribution is -2.32. The van der Waals surface area contributed by atoms with Crippen molar-refractivity contribution in [1.29, 1.82) is 0 Å². The third-order valence-corrected chi connectivity index (χ3v) is 1.96. The quantitative estimate of drug-likeness (QED) is 0.672. The van der Waals surface area contributed by atoms with Gasteiger partial charge in [-0.15, -0.1) is 0 Å². The second-order valence-electron chi connectivity index (χ2n) is 3.14. The highest BCUT2D eigenvalue weighted by atomic mass is 16.2. The van der Waals surface area contributed by atoms with Gasteiger partial charge in [-0.05, 0) is 0 Å². The fourth-order valence-corrected chi connectivity index (χ4v) is 1.19. The van der Waals surface area contributed by atoms with Crippen LogP contribution in [0.4, 0.5) is 5.69 Å². The second-order valence-corrected chi connectivity index (χ2v) is 3.14. The molecule has 0 aliphatic heterocycles. The van der Waals surface area contributed by atoms with E-state index in [9.17, 15) is 9.59 Å².